The molecular weight excluding hydrogens is 328 g/mol. The van der Waals surface area contributed by atoms with Crippen LogP contribution in [0.15, 0.2) is 42.7 Å². The Balaban J connectivity index is 1.88. The molecule has 3 aromatic rings. The van der Waals surface area contributed by atoms with Crippen LogP contribution < -0.4 is 5.32 Å². The molecule has 1 N–H and O–H groups in total. The number of ether oxygens (including phenoxy) is 1. The summed E-state index contributed by atoms with van der Waals surface area (Å²) in [5.41, 5.74) is 3.09. The fourth-order valence-electron chi connectivity index (χ4n) is 2.80. The molecule has 0 saturated heterocycles. The maximum atomic E-state index is 12.7. The van der Waals surface area contributed by atoms with Crippen molar-refractivity contribution >= 4 is 16.8 Å². The van der Waals surface area contributed by atoms with Crippen molar-refractivity contribution in [2.75, 3.05) is 19.8 Å². The van der Waals surface area contributed by atoms with Gasteiger partial charge >= 0.3 is 0 Å². The highest BCUT2D eigenvalue weighted by atomic mass is 16.5. The van der Waals surface area contributed by atoms with Crippen molar-refractivity contribution in [3.63, 3.8) is 0 Å². The third-order valence-electron chi connectivity index (χ3n) is 4.17. The molecule has 0 spiro atoms. The number of carbonyl (C=O) groups is 1. The molecular formula is C20H24N4O2. The average Bonchev–Trinajstić information content (AvgIpc) is 3.16. The second kappa shape index (κ2) is 8.58. The molecule has 6 nitrogen and oxygen atoms in total. The Morgan fingerprint density at radius 2 is 2.12 bits per heavy atom. The summed E-state index contributed by atoms with van der Waals surface area (Å²) in [5.74, 6) is -0.0933. The van der Waals surface area contributed by atoms with Gasteiger partial charge in [0.25, 0.3) is 5.91 Å². The number of amides is 1. The van der Waals surface area contributed by atoms with Gasteiger partial charge < -0.3 is 10.1 Å². The number of hydrogen-bond acceptors (Lipinski definition) is 4. The Labute approximate surface area is 153 Å². The van der Waals surface area contributed by atoms with E-state index in [-0.39, 0.29) is 5.91 Å². The van der Waals surface area contributed by atoms with E-state index in [0.29, 0.717) is 25.3 Å². The number of aromatic nitrogens is 3. The molecule has 1 amide bonds. The van der Waals surface area contributed by atoms with E-state index in [1.54, 1.807) is 6.20 Å². The Hall–Kier alpha value is -2.73. The van der Waals surface area contributed by atoms with Crippen LogP contribution in [-0.4, -0.2) is 40.4 Å². The number of fused-ring (bicyclic) bond motifs is 1. The second-order valence-electron chi connectivity index (χ2n) is 5.96. The smallest absolute Gasteiger partial charge is 0.252 e. The molecule has 3 rings (SSSR count). The SMILES string of the molecule is CCOCCCNC(=O)c1cc(-c2cnn(CC)c2)nc2ccccc12. The van der Waals surface area contributed by atoms with Gasteiger partial charge in [0.15, 0.2) is 0 Å². The lowest BCUT2D eigenvalue weighted by Gasteiger charge is -2.10. The summed E-state index contributed by atoms with van der Waals surface area (Å²) in [6, 6.07) is 9.55. The molecule has 0 radical (unpaired) electrons. The Kier molecular flexibility index (Phi) is 5.96. The molecule has 6 heteroatoms. The molecule has 136 valence electrons. The van der Waals surface area contributed by atoms with Crippen LogP contribution in [0.1, 0.15) is 30.6 Å². The van der Waals surface area contributed by atoms with Crippen LogP contribution in [-0.2, 0) is 11.3 Å². The topological polar surface area (TPSA) is 69.0 Å². The van der Waals surface area contributed by atoms with Gasteiger partial charge in [-0.1, -0.05) is 18.2 Å². The maximum Gasteiger partial charge on any atom is 0.252 e. The fourth-order valence-corrected chi connectivity index (χ4v) is 2.80. The number of nitrogens with one attached hydrogen (secondary N) is 1. The van der Waals surface area contributed by atoms with Crippen molar-refractivity contribution in [2.45, 2.75) is 26.8 Å². The number of para-hydroxylation sites is 1. The number of carbonyl (C=O) groups excluding carboxylic acids is 1. The number of rotatable bonds is 8. The van der Waals surface area contributed by atoms with Crippen molar-refractivity contribution in [3.8, 4) is 11.3 Å². The molecule has 0 aliphatic carbocycles. The van der Waals surface area contributed by atoms with Gasteiger partial charge in [0.05, 0.1) is 23.0 Å². The molecule has 1 aromatic carbocycles. The molecule has 0 aliphatic rings. The predicted octanol–water partition coefficient (Wildman–Crippen LogP) is 3.27. The highest BCUT2D eigenvalue weighted by Gasteiger charge is 2.14. The maximum absolute atomic E-state index is 12.7. The summed E-state index contributed by atoms with van der Waals surface area (Å²) in [5, 5.41) is 8.13. The molecule has 0 bridgehead atoms. The van der Waals surface area contributed by atoms with Crippen LogP contribution in [0.5, 0.6) is 0 Å². The Bertz CT molecular complexity index is 888. The van der Waals surface area contributed by atoms with Crippen molar-refractivity contribution < 1.29 is 9.53 Å². The third-order valence-corrected chi connectivity index (χ3v) is 4.17. The number of hydrogen-bond donors (Lipinski definition) is 1. The molecule has 26 heavy (non-hydrogen) atoms. The van der Waals surface area contributed by atoms with E-state index in [1.165, 1.54) is 0 Å². The summed E-state index contributed by atoms with van der Waals surface area (Å²) in [4.78, 5) is 17.4. The van der Waals surface area contributed by atoms with Gasteiger partial charge in [-0.05, 0) is 32.4 Å². The molecule has 0 saturated carbocycles. The summed E-state index contributed by atoms with van der Waals surface area (Å²) < 4.78 is 7.16. The van der Waals surface area contributed by atoms with Crippen molar-refractivity contribution in [2.24, 2.45) is 0 Å². The van der Waals surface area contributed by atoms with Crippen molar-refractivity contribution in [3.05, 3.63) is 48.3 Å². The fraction of sp³-hybridized carbons (Fsp3) is 0.350. The number of nitrogens with zero attached hydrogens (tertiary/aromatic N) is 3. The van der Waals surface area contributed by atoms with E-state index in [9.17, 15) is 4.79 Å². The Morgan fingerprint density at radius 3 is 2.88 bits per heavy atom. The van der Waals surface area contributed by atoms with Gasteiger partial charge in [-0.25, -0.2) is 4.98 Å². The first-order chi connectivity index (χ1) is 12.7. The van der Waals surface area contributed by atoms with Crippen LogP contribution in [0.25, 0.3) is 22.2 Å². The van der Waals surface area contributed by atoms with E-state index in [4.69, 9.17) is 9.72 Å². The lowest BCUT2D eigenvalue weighted by atomic mass is 10.0. The van der Waals surface area contributed by atoms with Gasteiger partial charge in [0.1, 0.15) is 0 Å². The zero-order valence-electron chi connectivity index (χ0n) is 15.2. The molecule has 0 atom stereocenters. The van der Waals surface area contributed by atoms with Crippen molar-refractivity contribution in [1.29, 1.82) is 0 Å². The zero-order chi connectivity index (χ0) is 18.4. The van der Waals surface area contributed by atoms with Gasteiger partial charge in [-0.3, -0.25) is 9.48 Å². The van der Waals surface area contributed by atoms with E-state index in [2.05, 4.69) is 10.4 Å². The highest BCUT2D eigenvalue weighted by molar-refractivity contribution is 6.07. The van der Waals surface area contributed by atoms with Crippen LogP contribution in [0.4, 0.5) is 0 Å². The third kappa shape index (κ3) is 4.08. The lowest BCUT2D eigenvalue weighted by molar-refractivity contribution is 0.0946. The average molecular weight is 352 g/mol. The van der Waals surface area contributed by atoms with Gasteiger partial charge in [0.2, 0.25) is 0 Å². The van der Waals surface area contributed by atoms with E-state index in [0.717, 1.165) is 35.1 Å². The zero-order valence-corrected chi connectivity index (χ0v) is 15.2. The van der Waals surface area contributed by atoms with Crippen LogP contribution in [0.2, 0.25) is 0 Å². The predicted molar refractivity (Wildman–Crippen MR) is 102 cm³/mol. The van der Waals surface area contributed by atoms with Gasteiger partial charge in [0, 0.05) is 43.4 Å². The van der Waals surface area contributed by atoms with Gasteiger partial charge in [-0.15, -0.1) is 0 Å². The summed E-state index contributed by atoms with van der Waals surface area (Å²) in [7, 11) is 0. The summed E-state index contributed by atoms with van der Waals surface area (Å²) >= 11 is 0. The largest absolute Gasteiger partial charge is 0.382 e. The minimum atomic E-state index is -0.0933. The standard InChI is InChI=1S/C20H24N4O2/c1-3-24-14-15(13-22-24)19-12-17(16-8-5-6-9-18(16)23-19)20(25)21-10-7-11-26-4-2/h5-6,8-9,12-14H,3-4,7,10-11H2,1-2H3,(H,21,25). The molecule has 0 aliphatic heterocycles. The normalized spacial score (nSPS) is 11.0. The monoisotopic (exact) mass is 352 g/mol. The quantitative estimate of drug-likeness (QED) is 0.632. The molecule has 0 fully saturated rings. The first-order valence-electron chi connectivity index (χ1n) is 9.01. The number of pyridine rings is 1. The van der Waals surface area contributed by atoms with Crippen LogP contribution in [0, 0.1) is 0 Å². The molecule has 0 unspecified atom stereocenters. The second-order valence-corrected chi connectivity index (χ2v) is 5.96. The minimum Gasteiger partial charge on any atom is -0.382 e. The highest BCUT2D eigenvalue weighted by Crippen LogP contribution is 2.24. The first-order valence-corrected chi connectivity index (χ1v) is 9.01. The van der Waals surface area contributed by atoms with E-state index in [1.807, 2.05) is 55.1 Å². The minimum absolute atomic E-state index is 0.0933. The first kappa shape index (κ1) is 18.1. The summed E-state index contributed by atoms with van der Waals surface area (Å²) in [6.07, 6.45) is 4.52. The summed E-state index contributed by atoms with van der Waals surface area (Å²) in [6.45, 7) is 6.71. The van der Waals surface area contributed by atoms with Crippen LogP contribution >= 0.6 is 0 Å². The lowest BCUT2D eigenvalue weighted by Crippen LogP contribution is -2.25. The van der Waals surface area contributed by atoms with Gasteiger partial charge in [-0.2, -0.15) is 5.10 Å². The number of aryl methyl sites for hydroxylation is 1. The van der Waals surface area contributed by atoms with Crippen molar-refractivity contribution in [1.82, 2.24) is 20.1 Å². The van der Waals surface area contributed by atoms with E-state index >= 15 is 0 Å². The van der Waals surface area contributed by atoms with E-state index < -0.39 is 0 Å². The Morgan fingerprint density at radius 1 is 1.27 bits per heavy atom. The van der Waals surface area contributed by atoms with Crippen LogP contribution in [0.3, 0.4) is 0 Å². The molecule has 2 aromatic heterocycles. The molecule has 2 heterocycles. The number of benzene rings is 1.